The highest BCUT2D eigenvalue weighted by Crippen LogP contribution is 2.35. The van der Waals surface area contributed by atoms with Crippen molar-refractivity contribution >= 4 is 11.6 Å². The molecule has 2 aromatic heterocycles. The number of carbonyl (C=O) groups excluding carboxylic acids is 1. The van der Waals surface area contributed by atoms with Crippen LogP contribution in [0.2, 0.25) is 0 Å². The number of amides is 1. The second-order valence-electron chi connectivity index (χ2n) is 7.53. The van der Waals surface area contributed by atoms with Gasteiger partial charge in [-0.25, -0.2) is 0 Å². The van der Waals surface area contributed by atoms with Gasteiger partial charge in [-0.2, -0.15) is 5.10 Å². The Bertz CT molecular complexity index is 1080. The molecule has 1 saturated heterocycles. The molecule has 8 heteroatoms. The molecule has 2 aliphatic heterocycles. The molecule has 1 atom stereocenters. The van der Waals surface area contributed by atoms with E-state index in [2.05, 4.69) is 20.3 Å². The van der Waals surface area contributed by atoms with Crippen LogP contribution >= 0.6 is 0 Å². The van der Waals surface area contributed by atoms with Crippen molar-refractivity contribution in [3.63, 3.8) is 0 Å². The van der Waals surface area contributed by atoms with Gasteiger partial charge >= 0.3 is 0 Å². The summed E-state index contributed by atoms with van der Waals surface area (Å²) in [5.41, 5.74) is 3.60. The second-order valence-corrected chi connectivity index (χ2v) is 7.53. The lowest BCUT2D eigenvalue weighted by atomic mass is 10.1. The summed E-state index contributed by atoms with van der Waals surface area (Å²) in [4.78, 5) is 19.7. The van der Waals surface area contributed by atoms with Crippen LogP contribution in [0, 0.1) is 0 Å². The van der Waals surface area contributed by atoms with Gasteiger partial charge in [-0.05, 0) is 37.6 Å². The van der Waals surface area contributed by atoms with E-state index in [-0.39, 0.29) is 18.7 Å². The molecule has 30 heavy (non-hydrogen) atoms. The van der Waals surface area contributed by atoms with Gasteiger partial charge in [0.1, 0.15) is 5.69 Å². The van der Waals surface area contributed by atoms with Gasteiger partial charge in [0.05, 0.1) is 11.7 Å². The summed E-state index contributed by atoms with van der Waals surface area (Å²) in [7, 11) is 1.90. The second kappa shape index (κ2) is 7.79. The number of hydrogen-bond acceptors (Lipinski definition) is 6. The molecule has 0 aliphatic carbocycles. The Kier molecular flexibility index (Phi) is 4.84. The molecular weight excluding hydrogens is 382 g/mol. The predicted octanol–water partition coefficient (Wildman–Crippen LogP) is 2.81. The fourth-order valence-corrected chi connectivity index (χ4v) is 4.15. The number of likely N-dealkylation sites (tertiary alicyclic amines) is 1. The SMILES string of the molecule is Cn1nccc1-c1cccc(NC(=O)C2CCCN2Cc2nccc3c2OCO3)c1. The Morgan fingerprint density at radius 1 is 1.23 bits per heavy atom. The van der Waals surface area contributed by atoms with E-state index in [0.717, 1.165) is 42.0 Å². The average Bonchev–Trinajstić information content (AvgIpc) is 3.49. The zero-order chi connectivity index (χ0) is 20.5. The van der Waals surface area contributed by atoms with Crippen molar-refractivity contribution < 1.29 is 14.3 Å². The van der Waals surface area contributed by atoms with E-state index >= 15 is 0 Å². The molecule has 0 bridgehead atoms. The lowest BCUT2D eigenvalue weighted by Crippen LogP contribution is -2.39. The fraction of sp³-hybridized carbons (Fsp3) is 0.318. The number of benzene rings is 1. The maximum Gasteiger partial charge on any atom is 0.241 e. The lowest BCUT2D eigenvalue weighted by molar-refractivity contribution is -0.120. The summed E-state index contributed by atoms with van der Waals surface area (Å²) in [6, 6.07) is 11.4. The van der Waals surface area contributed by atoms with Crippen LogP contribution in [0.15, 0.2) is 48.8 Å². The monoisotopic (exact) mass is 405 g/mol. The number of fused-ring (bicyclic) bond motifs is 1. The molecule has 2 aliphatic rings. The summed E-state index contributed by atoms with van der Waals surface area (Å²) < 4.78 is 12.8. The third-order valence-electron chi connectivity index (χ3n) is 5.63. The summed E-state index contributed by atoms with van der Waals surface area (Å²) in [6.45, 7) is 1.62. The minimum Gasteiger partial charge on any atom is -0.453 e. The summed E-state index contributed by atoms with van der Waals surface area (Å²) >= 11 is 0. The van der Waals surface area contributed by atoms with Crippen molar-refractivity contribution in [3.8, 4) is 22.8 Å². The first-order valence-corrected chi connectivity index (χ1v) is 10.1. The quantitative estimate of drug-likeness (QED) is 0.703. The van der Waals surface area contributed by atoms with E-state index < -0.39 is 0 Å². The topological polar surface area (TPSA) is 81.5 Å². The van der Waals surface area contributed by atoms with Gasteiger partial charge in [-0.15, -0.1) is 0 Å². The standard InChI is InChI=1S/C22H23N5O3/c1-26-18(7-10-24-26)15-4-2-5-16(12-15)25-22(28)19-6-3-11-27(19)13-17-21-20(8-9-23-17)29-14-30-21/h2,4-5,7-10,12,19H,3,6,11,13-14H2,1H3,(H,25,28). The molecule has 8 nitrogen and oxygen atoms in total. The minimum atomic E-state index is -0.203. The maximum atomic E-state index is 13.1. The molecule has 0 saturated carbocycles. The highest BCUT2D eigenvalue weighted by molar-refractivity contribution is 5.95. The third kappa shape index (κ3) is 3.50. The summed E-state index contributed by atoms with van der Waals surface area (Å²) in [6.07, 6.45) is 5.28. The van der Waals surface area contributed by atoms with Crippen LogP contribution in [-0.4, -0.2) is 45.0 Å². The number of aryl methyl sites for hydroxylation is 1. The zero-order valence-corrected chi connectivity index (χ0v) is 16.7. The van der Waals surface area contributed by atoms with Gasteiger partial charge in [-0.3, -0.25) is 19.4 Å². The van der Waals surface area contributed by atoms with Crippen LogP contribution in [0.25, 0.3) is 11.3 Å². The fourth-order valence-electron chi connectivity index (χ4n) is 4.15. The van der Waals surface area contributed by atoms with Crippen LogP contribution in [0.3, 0.4) is 0 Å². The van der Waals surface area contributed by atoms with Crippen molar-refractivity contribution in [2.75, 3.05) is 18.7 Å². The molecule has 1 amide bonds. The van der Waals surface area contributed by atoms with Crippen LogP contribution in [-0.2, 0) is 18.4 Å². The first kappa shape index (κ1) is 18.6. The van der Waals surface area contributed by atoms with E-state index in [1.54, 1.807) is 18.5 Å². The lowest BCUT2D eigenvalue weighted by Gasteiger charge is -2.23. The van der Waals surface area contributed by atoms with Gasteiger partial charge in [-0.1, -0.05) is 12.1 Å². The molecule has 4 heterocycles. The molecule has 1 unspecified atom stereocenters. The Morgan fingerprint density at radius 3 is 3.03 bits per heavy atom. The molecule has 0 spiro atoms. The molecular formula is C22H23N5O3. The first-order chi connectivity index (χ1) is 14.7. The van der Waals surface area contributed by atoms with Gasteiger partial charge in [0.25, 0.3) is 0 Å². The molecule has 0 radical (unpaired) electrons. The first-order valence-electron chi connectivity index (χ1n) is 10.1. The van der Waals surface area contributed by atoms with Crippen LogP contribution < -0.4 is 14.8 Å². The van der Waals surface area contributed by atoms with E-state index in [9.17, 15) is 4.79 Å². The van der Waals surface area contributed by atoms with Crippen molar-refractivity contribution in [1.29, 1.82) is 0 Å². The van der Waals surface area contributed by atoms with Crippen molar-refractivity contribution in [1.82, 2.24) is 19.7 Å². The van der Waals surface area contributed by atoms with Gasteiger partial charge in [0.15, 0.2) is 11.5 Å². The normalized spacial score (nSPS) is 18.0. The highest BCUT2D eigenvalue weighted by atomic mass is 16.7. The van der Waals surface area contributed by atoms with Crippen molar-refractivity contribution in [2.45, 2.75) is 25.4 Å². The Labute approximate surface area is 174 Å². The Hall–Kier alpha value is -3.39. The third-order valence-corrected chi connectivity index (χ3v) is 5.63. The number of nitrogens with zero attached hydrogens (tertiary/aromatic N) is 4. The van der Waals surface area contributed by atoms with E-state index in [1.807, 2.05) is 42.1 Å². The smallest absolute Gasteiger partial charge is 0.241 e. The zero-order valence-electron chi connectivity index (χ0n) is 16.7. The van der Waals surface area contributed by atoms with E-state index in [4.69, 9.17) is 9.47 Å². The molecule has 3 aromatic rings. The average molecular weight is 405 g/mol. The number of rotatable bonds is 5. The molecule has 5 rings (SSSR count). The van der Waals surface area contributed by atoms with Crippen LogP contribution in [0.5, 0.6) is 11.5 Å². The van der Waals surface area contributed by atoms with E-state index in [0.29, 0.717) is 18.0 Å². The highest BCUT2D eigenvalue weighted by Gasteiger charge is 2.32. The minimum absolute atomic E-state index is 0.000555. The van der Waals surface area contributed by atoms with Gasteiger partial charge < -0.3 is 14.8 Å². The van der Waals surface area contributed by atoms with Crippen molar-refractivity contribution in [3.05, 3.63) is 54.5 Å². The molecule has 1 fully saturated rings. The maximum absolute atomic E-state index is 13.1. The number of anilines is 1. The Morgan fingerprint density at radius 2 is 2.17 bits per heavy atom. The largest absolute Gasteiger partial charge is 0.453 e. The van der Waals surface area contributed by atoms with Crippen LogP contribution in [0.4, 0.5) is 5.69 Å². The predicted molar refractivity (Wildman–Crippen MR) is 111 cm³/mol. The number of nitrogens with one attached hydrogen (secondary N) is 1. The van der Waals surface area contributed by atoms with E-state index in [1.165, 1.54) is 0 Å². The number of carbonyl (C=O) groups is 1. The number of aromatic nitrogens is 3. The van der Waals surface area contributed by atoms with Crippen molar-refractivity contribution in [2.24, 2.45) is 7.05 Å². The molecule has 1 N–H and O–H groups in total. The van der Waals surface area contributed by atoms with Gasteiger partial charge in [0.2, 0.25) is 12.7 Å². The summed E-state index contributed by atoms with van der Waals surface area (Å²) in [5, 5.41) is 7.31. The number of ether oxygens (including phenoxy) is 2. The van der Waals surface area contributed by atoms with Crippen LogP contribution in [0.1, 0.15) is 18.5 Å². The number of pyridine rings is 1. The molecule has 1 aromatic carbocycles. The van der Waals surface area contributed by atoms with Gasteiger partial charge in [0, 0.05) is 43.3 Å². The Balaban J connectivity index is 1.30. The molecule has 154 valence electrons. The number of hydrogen-bond donors (Lipinski definition) is 1. The summed E-state index contributed by atoms with van der Waals surface area (Å²) in [5.74, 6) is 1.40.